The summed E-state index contributed by atoms with van der Waals surface area (Å²) in [6, 6.07) is 8.67. The van der Waals surface area contributed by atoms with Gasteiger partial charge in [0.05, 0.1) is 36.0 Å². The van der Waals surface area contributed by atoms with Crippen LogP contribution in [0.2, 0.25) is 0 Å². The first kappa shape index (κ1) is 22.5. The minimum Gasteiger partial charge on any atom is -0.494 e. The fourth-order valence-corrected chi connectivity index (χ4v) is 6.86. The summed E-state index contributed by atoms with van der Waals surface area (Å²) in [7, 11) is 2.46. The standard InChI is InChI=1S/C23H34N6O3S/c1-26(2)16-9-12-27(13-10-16)17-4-7-21(22(14-17)32-3)29-20-8-11-25-19(20)15-28(23(29)24)33(30,31)18-5-6-18/h4,7-8,11,14,16,18,23,25H,5-6,9-10,12-13,15,24H2,1-3H3. The Morgan fingerprint density at radius 1 is 1.09 bits per heavy atom. The Morgan fingerprint density at radius 3 is 2.45 bits per heavy atom. The van der Waals surface area contributed by atoms with Crippen molar-refractivity contribution in [1.29, 1.82) is 0 Å². The molecular formula is C23H34N6O3S. The number of aromatic nitrogens is 1. The molecule has 3 aliphatic rings. The van der Waals surface area contributed by atoms with E-state index in [0.29, 0.717) is 24.6 Å². The summed E-state index contributed by atoms with van der Waals surface area (Å²) in [6.07, 6.45) is 4.63. The van der Waals surface area contributed by atoms with Crippen molar-refractivity contribution in [3.05, 3.63) is 36.2 Å². The number of sulfonamides is 1. The first-order chi connectivity index (χ1) is 15.8. The van der Waals surface area contributed by atoms with Gasteiger partial charge in [-0.3, -0.25) is 5.73 Å². The molecule has 1 unspecified atom stereocenters. The SMILES string of the molecule is COc1cc(N2CCC(N(C)C)CC2)ccc1N1c2cc[nH]c2CN(S(=O)(=O)C2CC2)C1N. The van der Waals surface area contributed by atoms with E-state index in [4.69, 9.17) is 10.5 Å². The number of benzene rings is 1. The predicted molar refractivity (Wildman–Crippen MR) is 130 cm³/mol. The molecule has 0 bridgehead atoms. The lowest BCUT2D eigenvalue weighted by molar-refractivity contribution is 0.249. The van der Waals surface area contributed by atoms with Gasteiger partial charge in [0, 0.05) is 37.1 Å². The van der Waals surface area contributed by atoms with E-state index in [-0.39, 0.29) is 11.8 Å². The second kappa shape index (κ2) is 8.50. The number of nitrogens with zero attached hydrogens (tertiary/aromatic N) is 4. The zero-order valence-electron chi connectivity index (χ0n) is 19.6. The summed E-state index contributed by atoms with van der Waals surface area (Å²) in [6.45, 7) is 2.23. The van der Waals surface area contributed by atoms with Crippen molar-refractivity contribution >= 4 is 27.1 Å². The Hall–Kier alpha value is -2.27. The summed E-state index contributed by atoms with van der Waals surface area (Å²) in [5.41, 5.74) is 10.2. The van der Waals surface area contributed by atoms with Crippen LogP contribution in [0.5, 0.6) is 5.75 Å². The Kier molecular flexibility index (Phi) is 5.80. The molecule has 1 aromatic heterocycles. The van der Waals surface area contributed by atoms with Gasteiger partial charge in [-0.05, 0) is 58.0 Å². The number of anilines is 3. The van der Waals surface area contributed by atoms with Crippen LogP contribution in [0.1, 0.15) is 31.4 Å². The van der Waals surface area contributed by atoms with E-state index in [1.54, 1.807) is 7.11 Å². The molecule has 2 fully saturated rings. The zero-order valence-corrected chi connectivity index (χ0v) is 20.4. The average molecular weight is 475 g/mol. The number of hydrogen-bond acceptors (Lipinski definition) is 7. The highest BCUT2D eigenvalue weighted by atomic mass is 32.2. The normalized spacial score (nSPS) is 22.6. The molecule has 33 heavy (non-hydrogen) atoms. The van der Waals surface area contributed by atoms with Gasteiger partial charge in [-0.1, -0.05) is 0 Å². The first-order valence-corrected chi connectivity index (χ1v) is 13.1. The summed E-state index contributed by atoms with van der Waals surface area (Å²) in [5.74, 6) is 0.676. The summed E-state index contributed by atoms with van der Waals surface area (Å²) in [4.78, 5) is 9.75. The van der Waals surface area contributed by atoms with Gasteiger partial charge in [-0.15, -0.1) is 0 Å². The number of H-pyrrole nitrogens is 1. The predicted octanol–water partition coefficient (Wildman–Crippen LogP) is 2.24. The van der Waals surface area contributed by atoms with Gasteiger partial charge in [0.1, 0.15) is 5.75 Å². The van der Waals surface area contributed by atoms with Crippen LogP contribution in [-0.4, -0.2) is 74.5 Å². The molecule has 1 aromatic carbocycles. The van der Waals surface area contributed by atoms with Gasteiger partial charge in [-0.25, -0.2) is 8.42 Å². The van der Waals surface area contributed by atoms with Crippen LogP contribution in [0.3, 0.4) is 0 Å². The van der Waals surface area contributed by atoms with Crippen LogP contribution < -0.4 is 20.3 Å². The van der Waals surface area contributed by atoms with Crippen molar-refractivity contribution in [2.75, 3.05) is 44.1 Å². The summed E-state index contributed by atoms with van der Waals surface area (Å²) < 4.78 is 33.5. The third-order valence-electron chi connectivity index (χ3n) is 7.20. The number of hydrogen-bond donors (Lipinski definition) is 2. The molecule has 1 saturated carbocycles. The highest BCUT2D eigenvalue weighted by molar-refractivity contribution is 7.90. The van der Waals surface area contributed by atoms with Crippen molar-refractivity contribution in [3.8, 4) is 5.75 Å². The van der Waals surface area contributed by atoms with Crippen molar-refractivity contribution in [2.45, 2.75) is 49.8 Å². The lowest BCUT2D eigenvalue weighted by Gasteiger charge is -2.42. The fourth-order valence-electron chi connectivity index (χ4n) is 5.04. The van der Waals surface area contributed by atoms with Crippen LogP contribution in [0.15, 0.2) is 30.5 Å². The monoisotopic (exact) mass is 474 g/mol. The van der Waals surface area contributed by atoms with E-state index in [1.807, 2.05) is 29.3 Å². The number of fused-ring (bicyclic) bond motifs is 1. The molecule has 9 nitrogen and oxygen atoms in total. The third kappa shape index (κ3) is 3.99. The number of nitrogens with one attached hydrogen (secondary N) is 1. The topological polar surface area (TPSA) is 98.1 Å². The Labute approximate surface area is 196 Å². The maximum absolute atomic E-state index is 13.1. The largest absolute Gasteiger partial charge is 0.494 e. The van der Waals surface area contributed by atoms with E-state index in [1.165, 1.54) is 4.31 Å². The van der Waals surface area contributed by atoms with Gasteiger partial charge in [0.25, 0.3) is 0 Å². The van der Waals surface area contributed by atoms with Crippen molar-refractivity contribution in [3.63, 3.8) is 0 Å². The fraction of sp³-hybridized carbons (Fsp3) is 0.565. The van der Waals surface area contributed by atoms with E-state index in [9.17, 15) is 8.42 Å². The molecule has 1 atom stereocenters. The lowest BCUT2D eigenvalue weighted by Crippen LogP contribution is -2.57. The van der Waals surface area contributed by atoms with Crippen molar-refractivity contribution < 1.29 is 13.2 Å². The smallest absolute Gasteiger partial charge is 0.220 e. The second-order valence-corrected chi connectivity index (χ2v) is 11.6. The number of piperidine rings is 1. The number of aromatic amines is 1. The van der Waals surface area contributed by atoms with Crippen LogP contribution >= 0.6 is 0 Å². The Balaban J connectivity index is 1.47. The maximum atomic E-state index is 13.1. The molecule has 10 heteroatoms. The number of methoxy groups -OCH3 is 1. The highest BCUT2D eigenvalue weighted by Crippen LogP contribution is 2.44. The molecule has 180 valence electrons. The zero-order chi connectivity index (χ0) is 23.3. The number of rotatable bonds is 6. The minimum absolute atomic E-state index is 0.250. The van der Waals surface area contributed by atoms with Gasteiger partial charge >= 0.3 is 0 Å². The Bertz CT molecular complexity index is 1110. The molecule has 2 aromatic rings. The van der Waals surface area contributed by atoms with Gasteiger partial charge < -0.3 is 24.4 Å². The number of nitrogens with two attached hydrogens (primary N) is 1. The number of ether oxygens (including phenoxy) is 1. The Morgan fingerprint density at radius 2 is 1.82 bits per heavy atom. The van der Waals surface area contributed by atoms with Crippen molar-refractivity contribution in [1.82, 2.24) is 14.2 Å². The quantitative estimate of drug-likeness (QED) is 0.663. The molecular weight excluding hydrogens is 440 g/mol. The van der Waals surface area contributed by atoms with Gasteiger partial charge in [0.2, 0.25) is 10.0 Å². The third-order valence-corrected chi connectivity index (χ3v) is 9.51. The molecule has 3 heterocycles. The second-order valence-electron chi connectivity index (χ2n) is 9.45. The van der Waals surface area contributed by atoms with E-state index < -0.39 is 16.3 Å². The van der Waals surface area contributed by atoms with E-state index >= 15 is 0 Å². The van der Waals surface area contributed by atoms with E-state index in [2.05, 4.69) is 34.9 Å². The van der Waals surface area contributed by atoms with Gasteiger partial charge in [0.15, 0.2) is 6.29 Å². The van der Waals surface area contributed by atoms with E-state index in [0.717, 1.165) is 48.7 Å². The first-order valence-electron chi connectivity index (χ1n) is 11.6. The van der Waals surface area contributed by atoms with Crippen LogP contribution in [0.25, 0.3) is 0 Å². The van der Waals surface area contributed by atoms with Gasteiger partial charge in [-0.2, -0.15) is 4.31 Å². The summed E-state index contributed by atoms with van der Waals surface area (Å²) in [5, 5.41) is -0.323. The molecule has 3 N–H and O–H groups in total. The lowest BCUT2D eigenvalue weighted by atomic mass is 10.0. The van der Waals surface area contributed by atoms with Crippen LogP contribution in [-0.2, 0) is 16.6 Å². The molecule has 0 spiro atoms. The van der Waals surface area contributed by atoms with Crippen molar-refractivity contribution in [2.24, 2.45) is 5.73 Å². The molecule has 0 radical (unpaired) electrons. The van der Waals surface area contributed by atoms with Crippen LogP contribution in [0.4, 0.5) is 17.1 Å². The van der Waals surface area contributed by atoms with Crippen LogP contribution in [0, 0.1) is 0 Å². The summed E-state index contributed by atoms with van der Waals surface area (Å²) >= 11 is 0. The molecule has 0 amide bonds. The highest BCUT2D eigenvalue weighted by Gasteiger charge is 2.46. The molecule has 1 aliphatic carbocycles. The minimum atomic E-state index is -3.46. The maximum Gasteiger partial charge on any atom is 0.220 e. The molecule has 5 rings (SSSR count). The average Bonchev–Trinajstić information content (AvgIpc) is 3.58. The molecule has 1 saturated heterocycles. The molecule has 2 aliphatic heterocycles.